The van der Waals surface area contributed by atoms with E-state index >= 15 is 0 Å². The van der Waals surface area contributed by atoms with Crippen LogP contribution in [0.1, 0.15) is 0 Å². The Hall–Kier alpha value is -2.84. The number of nitrogens with zero attached hydrogens (tertiary/aromatic N) is 1. The Labute approximate surface area is 133 Å². The van der Waals surface area contributed by atoms with Gasteiger partial charge in [-0.2, -0.15) is 0 Å². The predicted molar refractivity (Wildman–Crippen MR) is 96.7 cm³/mol. The summed E-state index contributed by atoms with van der Waals surface area (Å²) in [6.45, 7) is -0.0172. The monoisotopic (exact) mass is 297 g/mol. The van der Waals surface area contributed by atoms with Gasteiger partial charge in [-0.15, -0.1) is 0 Å². The second-order valence-corrected chi connectivity index (χ2v) is 5.93. The van der Waals surface area contributed by atoms with Crippen molar-refractivity contribution >= 4 is 43.4 Å². The van der Waals surface area contributed by atoms with E-state index in [2.05, 4.69) is 72.8 Å². The molecule has 0 amide bonds. The second kappa shape index (κ2) is 4.58. The first kappa shape index (κ1) is 12.7. The van der Waals surface area contributed by atoms with Crippen LogP contribution < -0.4 is 0 Å². The van der Waals surface area contributed by atoms with Crippen LogP contribution in [0, 0.1) is 0 Å². The quantitative estimate of drug-likeness (QED) is 0.460. The van der Waals surface area contributed by atoms with E-state index in [1.165, 1.54) is 32.3 Å². The molecule has 0 spiro atoms. The molecule has 1 heterocycles. The molecule has 2 heteroatoms. The Kier molecular flexibility index (Phi) is 2.52. The summed E-state index contributed by atoms with van der Waals surface area (Å²) in [6, 6.07) is 25.4. The summed E-state index contributed by atoms with van der Waals surface area (Å²) in [4.78, 5) is 0. The molecule has 2 nitrogen and oxygen atoms in total. The first-order valence-electron chi connectivity index (χ1n) is 7.81. The number of aliphatic hydroxyl groups excluding tert-OH is 1. The summed E-state index contributed by atoms with van der Waals surface area (Å²) >= 11 is 0. The van der Waals surface area contributed by atoms with Crippen molar-refractivity contribution in [1.29, 1.82) is 0 Å². The van der Waals surface area contributed by atoms with Gasteiger partial charge < -0.3 is 9.67 Å². The van der Waals surface area contributed by atoms with Crippen LogP contribution in [0.25, 0.3) is 43.4 Å². The van der Waals surface area contributed by atoms with Gasteiger partial charge in [0.05, 0.1) is 11.0 Å². The standard InChI is InChI=1S/C21H15NO/c23-13-22-18-11-9-14-5-1-3-7-16(14)20(18)21-17-8-4-2-6-15(17)10-12-19(21)22/h1-12,23H,13H2. The highest BCUT2D eigenvalue weighted by molar-refractivity contribution is 6.27. The fourth-order valence-electron chi connectivity index (χ4n) is 3.78. The molecule has 110 valence electrons. The molecular formula is C21H15NO. The van der Waals surface area contributed by atoms with Crippen LogP contribution in [0.5, 0.6) is 0 Å². The van der Waals surface area contributed by atoms with Gasteiger partial charge in [0.25, 0.3) is 0 Å². The normalized spacial score (nSPS) is 11.9. The summed E-state index contributed by atoms with van der Waals surface area (Å²) < 4.78 is 1.99. The van der Waals surface area contributed by atoms with Crippen LogP contribution in [0.4, 0.5) is 0 Å². The van der Waals surface area contributed by atoms with E-state index in [9.17, 15) is 5.11 Å². The van der Waals surface area contributed by atoms with Crippen molar-refractivity contribution < 1.29 is 5.11 Å². The molecule has 5 aromatic rings. The molecule has 0 aliphatic rings. The van der Waals surface area contributed by atoms with Crippen molar-refractivity contribution in [3.05, 3.63) is 72.8 Å². The maximum atomic E-state index is 9.93. The van der Waals surface area contributed by atoms with Gasteiger partial charge in [-0.3, -0.25) is 0 Å². The summed E-state index contributed by atoms with van der Waals surface area (Å²) in [5, 5.41) is 17.3. The van der Waals surface area contributed by atoms with Crippen molar-refractivity contribution in [2.75, 3.05) is 0 Å². The van der Waals surface area contributed by atoms with Gasteiger partial charge in [0.1, 0.15) is 6.73 Å². The minimum Gasteiger partial charge on any atom is -0.376 e. The van der Waals surface area contributed by atoms with Gasteiger partial charge in [-0.25, -0.2) is 0 Å². The van der Waals surface area contributed by atoms with Crippen molar-refractivity contribution in [2.45, 2.75) is 6.73 Å². The summed E-state index contributed by atoms with van der Waals surface area (Å²) in [7, 11) is 0. The van der Waals surface area contributed by atoms with Crippen LogP contribution in [-0.2, 0) is 6.73 Å². The van der Waals surface area contributed by atoms with E-state index in [1.54, 1.807) is 0 Å². The zero-order valence-electron chi connectivity index (χ0n) is 12.5. The van der Waals surface area contributed by atoms with Gasteiger partial charge in [0.15, 0.2) is 0 Å². The minimum atomic E-state index is -0.0172. The van der Waals surface area contributed by atoms with Crippen LogP contribution in [-0.4, -0.2) is 9.67 Å². The molecule has 0 fully saturated rings. The highest BCUT2D eigenvalue weighted by atomic mass is 16.3. The molecule has 0 aliphatic carbocycles. The fourth-order valence-corrected chi connectivity index (χ4v) is 3.78. The molecule has 0 radical (unpaired) electrons. The molecule has 1 N–H and O–H groups in total. The minimum absolute atomic E-state index is 0.0172. The number of fused-ring (bicyclic) bond motifs is 7. The Bertz CT molecular complexity index is 1110. The van der Waals surface area contributed by atoms with Crippen molar-refractivity contribution in [3.8, 4) is 0 Å². The highest BCUT2D eigenvalue weighted by Crippen LogP contribution is 2.38. The smallest absolute Gasteiger partial charge is 0.120 e. The SMILES string of the molecule is OCn1c2ccc3ccccc3c2c2c3ccccc3ccc21. The van der Waals surface area contributed by atoms with Crippen LogP contribution in [0.2, 0.25) is 0 Å². The molecule has 0 atom stereocenters. The van der Waals surface area contributed by atoms with Gasteiger partial charge >= 0.3 is 0 Å². The van der Waals surface area contributed by atoms with Crippen LogP contribution >= 0.6 is 0 Å². The third kappa shape index (κ3) is 1.61. The molecule has 5 rings (SSSR count). The molecule has 0 unspecified atom stereocenters. The number of rotatable bonds is 1. The molecule has 0 saturated carbocycles. The molecule has 1 aromatic heterocycles. The number of benzene rings is 4. The Morgan fingerprint density at radius 3 is 1.57 bits per heavy atom. The van der Waals surface area contributed by atoms with Gasteiger partial charge in [-0.1, -0.05) is 60.7 Å². The van der Waals surface area contributed by atoms with Crippen molar-refractivity contribution in [2.24, 2.45) is 0 Å². The Morgan fingerprint density at radius 1 is 0.609 bits per heavy atom. The summed E-state index contributed by atoms with van der Waals surface area (Å²) in [6.07, 6.45) is 0. The molecule has 0 aliphatic heterocycles. The van der Waals surface area contributed by atoms with Crippen molar-refractivity contribution in [3.63, 3.8) is 0 Å². The van der Waals surface area contributed by atoms with E-state index in [1.807, 2.05) is 4.57 Å². The average Bonchev–Trinajstić information content (AvgIpc) is 2.96. The number of hydrogen-bond donors (Lipinski definition) is 1. The number of aromatic nitrogens is 1. The van der Waals surface area contributed by atoms with Crippen LogP contribution in [0.15, 0.2) is 72.8 Å². The summed E-state index contributed by atoms with van der Waals surface area (Å²) in [5.74, 6) is 0. The van der Waals surface area contributed by atoms with Gasteiger partial charge in [-0.05, 0) is 33.7 Å². The molecular weight excluding hydrogens is 282 g/mol. The Morgan fingerprint density at radius 2 is 1.09 bits per heavy atom. The van der Waals surface area contributed by atoms with E-state index in [0.717, 1.165) is 11.0 Å². The lowest BCUT2D eigenvalue weighted by atomic mass is 10.00. The molecule has 4 aromatic carbocycles. The molecule has 0 saturated heterocycles. The predicted octanol–water partition coefficient (Wildman–Crippen LogP) is 5.05. The lowest BCUT2D eigenvalue weighted by molar-refractivity contribution is 0.220. The zero-order valence-corrected chi connectivity index (χ0v) is 12.5. The largest absolute Gasteiger partial charge is 0.376 e. The first-order valence-corrected chi connectivity index (χ1v) is 7.81. The zero-order chi connectivity index (χ0) is 15.4. The van der Waals surface area contributed by atoms with E-state index in [0.29, 0.717) is 0 Å². The average molecular weight is 297 g/mol. The molecule has 23 heavy (non-hydrogen) atoms. The van der Waals surface area contributed by atoms with E-state index in [4.69, 9.17) is 0 Å². The number of hydrogen-bond acceptors (Lipinski definition) is 1. The first-order chi connectivity index (χ1) is 11.4. The van der Waals surface area contributed by atoms with Crippen molar-refractivity contribution in [1.82, 2.24) is 4.57 Å². The molecule has 0 bridgehead atoms. The van der Waals surface area contributed by atoms with E-state index < -0.39 is 0 Å². The van der Waals surface area contributed by atoms with Gasteiger partial charge in [0.2, 0.25) is 0 Å². The topological polar surface area (TPSA) is 25.2 Å². The lowest BCUT2D eigenvalue weighted by Gasteiger charge is -2.03. The lowest BCUT2D eigenvalue weighted by Crippen LogP contribution is -1.95. The van der Waals surface area contributed by atoms with Crippen LogP contribution in [0.3, 0.4) is 0 Å². The third-order valence-electron chi connectivity index (χ3n) is 4.79. The fraction of sp³-hybridized carbons (Fsp3) is 0.0476. The summed E-state index contributed by atoms with van der Waals surface area (Å²) in [5.41, 5.74) is 2.16. The number of aliphatic hydroxyl groups is 1. The Balaban J connectivity index is 2.19. The van der Waals surface area contributed by atoms with E-state index in [-0.39, 0.29) is 6.73 Å². The second-order valence-electron chi connectivity index (χ2n) is 5.93. The maximum absolute atomic E-state index is 9.93. The highest BCUT2D eigenvalue weighted by Gasteiger charge is 2.14. The van der Waals surface area contributed by atoms with Gasteiger partial charge in [0, 0.05) is 10.8 Å². The third-order valence-corrected chi connectivity index (χ3v) is 4.79. The maximum Gasteiger partial charge on any atom is 0.120 e.